The van der Waals surface area contributed by atoms with E-state index >= 15 is 0 Å². The number of rotatable bonds is 5. The summed E-state index contributed by atoms with van der Waals surface area (Å²) < 4.78 is 13.2. The number of benzene rings is 1. The number of fused-ring (bicyclic) bond motifs is 1. The minimum atomic E-state index is -0.226. The summed E-state index contributed by atoms with van der Waals surface area (Å²) in [6, 6.07) is 5.33. The number of aromatic amines is 1. The van der Waals surface area contributed by atoms with E-state index in [1.165, 1.54) is 31.5 Å². The van der Waals surface area contributed by atoms with Gasteiger partial charge in [0.2, 0.25) is 0 Å². The molecule has 0 spiro atoms. The van der Waals surface area contributed by atoms with Crippen molar-refractivity contribution in [2.75, 3.05) is 26.7 Å². The molecule has 1 aromatic heterocycles. The van der Waals surface area contributed by atoms with E-state index in [-0.39, 0.29) is 5.82 Å². The quantitative estimate of drug-likeness (QED) is 0.919. The van der Waals surface area contributed by atoms with Crippen molar-refractivity contribution in [3.63, 3.8) is 0 Å². The first kappa shape index (κ1) is 14.5. The van der Waals surface area contributed by atoms with Crippen molar-refractivity contribution in [1.82, 2.24) is 19.8 Å². The standard InChI is InChI=1S/C16H23FN4/c1-3-21-8-4-5-13(21)10-20(2)11-16-18-14-7-6-12(17)9-15(14)19-16/h6-7,9,13H,3-5,8,10-11H2,1-2H3,(H,18,19). The number of H-pyrrole nitrogens is 1. The zero-order valence-electron chi connectivity index (χ0n) is 12.8. The molecule has 1 saturated heterocycles. The van der Waals surface area contributed by atoms with Gasteiger partial charge in [-0.2, -0.15) is 0 Å². The number of hydrogen-bond acceptors (Lipinski definition) is 3. The predicted molar refractivity (Wildman–Crippen MR) is 82.7 cm³/mol. The third kappa shape index (κ3) is 3.24. The van der Waals surface area contributed by atoms with Crippen LogP contribution in [0.2, 0.25) is 0 Å². The van der Waals surface area contributed by atoms with Crippen molar-refractivity contribution in [2.24, 2.45) is 0 Å². The summed E-state index contributed by atoms with van der Waals surface area (Å²) in [5.41, 5.74) is 1.60. The highest BCUT2D eigenvalue weighted by atomic mass is 19.1. The highest BCUT2D eigenvalue weighted by molar-refractivity contribution is 5.74. The van der Waals surface area contributed by atoms with E-state index in [9.17, 15) is 4.39 Å². The Kier molecular flexibility index (Phi) is 4.22. The van der Waals surface area contributed by atoms with Crippen LogP contribution in [0.3, 0.4) is 0 Å². The molecule has 1 fully saturated rings. The van der Waals surface area contributed by atoms with Gasteiger partial charge in [-0.25, -0.2) is 9.37 Å². The molecule has 0 amide bonds. The van der Waals surface area contributed by atoms with Gasteiger partial charge in [0.15, 0.2) is 0 Å². The number of aromatic nitrogens is 2. The molecule has 1 N–H and O–H groups in total. The fourth-order valence-electron chi connectivity index (χ4n) is 3.31. The third-order valence-corrected chi connectivity index (χ3v) is 4.34. The fourth-order valence-corrected chi connectivity index (χ4v) is 3.31. The predicted octanol–water partition coefficient (Wildman–Crippen LogP) is 2.62. The van der Waals surface area contributed by atoms with Crippen LogP contribution in [0.5, 0.6) is 0 Å². The van der Waals surface area contributed by atoms with E-state index in [2.05, 4.69) is 33.7 Å². The molecular weight excluding hydrogens is 267 g/mol. The molecule has 4 nitrogen and oxygen atoms in total. The second-order valence-electron chi connectivity index (χ2n) is 5.97. The first-order valence-corrected chi connectivity index (χ1v) is 7.72. The number of nitrogens with zero attached hydrogens (tertiary/aromatic N) is 3. The Labute approximate surface area is 125 Å². The van der Waals surface area contributed by atoms with Gasteiger partial charge in [0.25, 0.3) is 0 Å². The van der Waals surface area contributed by atoms with E-state index in [0.717, 1.165) is 36.5 Å². The SMILES string of the molecule is CCN1CCCC1CN(C)Cc1nc2ccc(F)cc2[nH]1. The first-order valence-electron chi connectivity index (χ1n) is 7.72. The zero-order chi connectivity index (χ0) is 14.8. The number of imidazole rings is 1. The Morgan fingerprint density at radius 1 is 1.48 bits per heavy atom. The molecule has 5 heteroatoms. The Morgan fingerprint density at radius 3 is 3.14 bits per heavy atom. The highest BCUT2D eigenvalue weighted by Gasteiger charge is 2.24. The van der Waals surface area contributed by atoms with Gasteiger partial charge in [0, 0.05) is 12.6 Å². The fraction of sp³-hybridized carbons (Fsp3) is 0.562. The van der Waals surface area contributed by atoms with Crippen LogP contribution >= 0.6 is 0 Å². The van der Waals surface area contributed by atoms with Crippen molar-refractivity contribution in [1.29, 1.82) is 0 Å². The monoisotopic (exact) mass is 290 g/mol. The van der Waals surface area contributed by atoms with Crippen LogP contribution in [0.25, 0.3) is 11.0 Å². The number of likely N-dealkylation sites (N-methyl/N-ethyl adjacent to an activating group) is 2. The average Bonchev–Trinajstić information content (AvgIpc) is 3.03. The maximum absolute atomic E-state index is 13.2. The van der Waals surface area contributed by atoms with Gasteiger partial charge in [-0.3, -0.25) is 9.80 Å². The lowest BCUT2D eigenvalue weighted by atomic mass is 10.2. The Balaban J connectivity index is 1.64. The largest absolute Gasteiger partial charge is 0.341 e. The molecule has 1 atom stereocenters. The van der Waals surface area contributed by atoms with E-state index in [0.29, 0.717) is 6.04 Å². The van der Waals surface area contributed by atoms with Gasteiger partial charge in [-0.1, -0.05) is 6.92 Å². The summed E-state index contributed by atoms with van der Waals surface area (Å²) in [4.78, 5) is 12.6. The van der Waals surface area contributed by atoms with Crippen LogP contribution in [-0.4, -0.2) is 52.5 Å². The molecule has 2 heterocycles. The second kappa shape index (κ2) is 6.12. The topological polar surface area (TPSA) is 35.2 Å². The minimum Gasteiger partial charge on any atom is -0.341 e. The molecule has 21 heavy (non-hydrogen) atoms. The van der Waals surface area contributed by atoms with Crippen LogP contribution in [0, 0.1) is 5.82 Å². The third-order valence-electron chi connectivity index (χ3n) is 4.34. The normalized spacial score (nSPS) is 19.9. The molecule has 0 radical (unpaired) electrons. The number of hydrogen-bond donors (Lipinski definition) is 1. The maximum atomic E-state index is 13.2. The molecule has 2 aromatic rings. The summed E-state index contributed by atoms with van der Waals surface area (Å²) in [5, 5.41) is 0. The molecular formula is C16H23FN4. The lowest BCUT2D eigenvalue weighted by Crippen LogP contribution is -2.38. The molecule has 1 aromatic carbocycles. The molecule has 1 aliphatic rings. The van der Waals surface area contributed by atoms with E-state index in [1.54, 1.807) is 6.07 Å². The lowest BCUT2D eigenvalue weighted by molar-refractivity contribution is 0.193. The second-order valence-corrected chi connectivity index (χ2v) is 5.97. The van der Waals surface area contributed by atoms with E-state index in [1.807, 2.05) is 0 Å². The Bertz CT molecular complexity index is 609. The van der Waals surface area contributed by atoms with Gasteiger partial charge in [-0.15, -0.1) is 0 Å². The van der Waals surface area contributed by atoms with Gasteiger partial charge in [-0.05, 0) is 51.2 Å². The van der Waals surface area contributed by atoms with Gasteiger partial charge >= 0.3 is 0 Å². The summed E-state index contributed by atoms with van der Waals surface area (Å²) in [7, 11) is 2.12. The lowest BCUT2D eigenvalue weighted by Gasteiger charge is -2.27. The smallest absolute Gasteiger partial charge is 0.125 e. The van der Waals surface area contributed by atoms with Crippen LogP contribution in [0.15, 0.2) is 18.2 Å². The minimum absolute atomic E-state index is 0.226. The highest BCUT2D eigenvalue weighted by Crippen LogP contribution is 2.18. The molecule has 0 saturated carbocycles. The zero-order valence-corrected chi connectivity index (χ0v) is 12.8. The molecule has 114 valence electrons. The van der Waals surface area contributed by atoms with E-state index in [4.69, 9.17) is 0 Å². The van der Waals surface area contributed by atoms with Gasteiger partial charge in [0.1, 0.15) is 11.6 Å². The van der Waals surface area contributed by atoms with E-state index < -0.39 is 0 Å². The number of halogens is 1. The molecule has 1 unspecified atom stereocenters. The average molecular weight is 290 g/mol. The molecule has 1 aliphatic heterocycles. The van der Waals surface area contributed by atoms with Gasteiger partial charge in [0.05, 0.1) is 17.6 Å². The van der Waals surface area contributed by atoms with Crippen LogP contribution < -0.4 is 0 Å². The van der Waals surface area contributed by atoms with Crippen LogP contribution in [0.4, 0.5) is 4.39 Å². The molecule has 3 rings (SSSR count). The van der Waals surface area contributed by atoms with Crippen LogP contribution in [0.1, 0.15) is 25.6 Å². The van der Waals surface area contributed by atoms with Crippen molar-refractivity contribution in [2.45, 2.75) is 32.4 Å². The number of nitrogens with one attached hydrogen (secondary N) is 1. The first-order chi connectivity index (χ1) is 10.2. The van der Waals surface area contributed by atoms with Crippen molar-refractivity contribution >= 4 is 11.0 Å². The summed E-state index contributed by atoms with van der Waals surface area (Å²) in [6.45, 7) is 6.40. The van der Waals surface area contributed by atoms with Crippen molar-refractivity contribution in [3.8, 4) is 0 Å². The summed E-state index contributed by atoms with van der Waals surface area (Å²) >= 11 is 0. The van der Waals surface area contributed by atoms with Crippen molar-refractivity contribution in [3.05, 3.63) is 29.8 Å². The molecule has 0 bridgehead atoms. The number of likely N-dealkylation sites (tertiary alicyclic amines) is 1. The molecule has 0 aliphatic carbocycles. The van der Waals surface area contributed by atoms with Crippen LogP contribution in [-0.2, 0) is 6.54 Å². The van der Waals surface area contributed by atoms with Gasteiger partial charge < -0.3 is 4.98 Å². The summed E-state index contributed by atoms with van der Waals surface area (Å²) in [6.07, 6.45) is 2.58. The Hall–Kier alpha value is -1.46. The summed E-state index contributed by atoms with van der Waals surface area (Å²) in [5.74, 6) is 0.676. The van der Waals surface area contributed by atoms with Crippen molar-refractivity contribution < 1.29 is 4.39 Å². The Morgan fingerprint density at radius 2 is 2.33 bits per heavy atom. The maximum Gasteiger partial charge on any atom is 0.125 e.